The molecule has 0 amide bonds. The van der Waals surface area contributed by atoms with Crippen LogP contribution in [-0.2, 0) is 7.05 Å². The quantitative estimate of drug-likeness (QED) is 0.929. The fourth-order valence-corrected chi connectivity index (χ4v) is 3.53. The van der Waals surface area contributed by atoms with Crippen LogP contribution in [0.4, 0.5) is 0 Å². The van der Waals surface area contributed by atoms with E-state index in [1.165, 1.54) is 41.6 Å². The average molecular weight is 283 g/mol. The number of nitrogens with one attached hydrogen (secondary N) is 1. The Labute approximate surface area is 127 Å². The molecule has 1 saturated carbocycles. The Kier molecular flexibility index (Phi) is 3.85. The second kappa shape index (κ2) is 5.64. The maximum Gasteiger partial charge on any atom is 0.0647 e. The molecular weight excluding hydrogens is 258 g/mol. The normalized spacial score (nSPS) is 16.8. The van der Waals surface area contributed by atoms with E-state index in [0.29, 0.717) is 0 Å². The summed E-state index contributed by atoms with van der Waals surface area (Å²) in [5, 5.41) is 8.11. The molecule has 0 saturated heterocycles. The lowest BCUT2D eigenvalue weighted by Crippen LogP contribution is -2.22. The molecule has 1 heterocycles. The summed E-state index contributed by atoms with van der Waals surface area (Å²) in [6.07, 6.45) is 4.03. The first-order valence-electron chi connectivity index (χ1n) is 7.89. The van der Waals surface area contributed by atoms with Gasteiger partial charge in [0.25, 0.3) is 0 Å². The summed E-state index contributed by atoms with van der Waals surface area (Å²) in [7, 11) is 4.07. The number of hydrogen-bond donors (Lipinski definition) is 1. The molecule has 1 aromatic carbocycles. The zero-order chi connectivity index (χ0) is 15.0. The Bertz CT molecular complexity index is 638. The van der Waals surface area contributed by atoms with Gasteiger partial charge < -0.3 is 5.32 Å². The van der Waals surface area contributed by atoms with Crippen molar-refractivity contribution in [2.24, 2.45) is 7.05 Å². The molecule has 1 aliphatic rings. The number of hydrogen-bond acceptors (Lipinski definition) is 2. The molecule has 1 unspecified atom stereocenters. The second-order valence-corrected chi connectivity index (χ2v) is 6.19. The number of aryl methyl sites for hydroxylation is 2. The molecule has 3 nitrogen and oxygen atoms in total. The maximum atomic E-state index is 4.59. The van der Waals surface area contributed by atoms with Crippen molar-refractivity contribution in [1.82, 2.24) is 15.1 Å². The van der Waals surface area contributed by atoms with Crippen LogP contribution < -0.4 is 5.32 Å². The van der Waals surface area contributed by atoms with Gasteiger partial charge in [-0.25, -0.2) is 0 Å². The van der Waals surface area contributed by atoms with Gasteiger partial charge in [0.05, 0.1) is 11.7 Å². The van der Waals surface area contributed by atoms with Crippen LogP contribution in [-0.4, -0.2) is 16.8 Å². The standard InChI is InChI=1S/C18H25N3/c1-12-17(13(2)21(4)20-12)18(19-3)16-11-6-5-10-15(16)14-8-7-9-14/h5-6,10-11,14,18-19H,7-9H2,1-4H3. The van der Waals surface area contributed by atoms with E-state index in [9.17, 15) is 0 Å². The summed E-state index contributed by atoms with van der Waals surface area (Å²) in [5.41, 5.74) is 6.63. The Balaban J connectivity index is 2.08. The Morgan fingerprint density at radius 1 is 1.24 bits per heavy atom. The third-order valence-electron chi connectivity index (χ3n) is 4.99. The lowest BCUT2D eigenvalue weighted by atomic mass is 9.76. The van der Waals surface area contributed by atoms with Crippen LogP contribution in [0.3, 0.4) is 0 Å². The molecule has 0 aliphatic heterocycles. The molecule has 1 N–H and O–H groups in total. The van der Waals surface area contributed by atoms with Gasteiger partial charge in [0.15, 0.2) is 0 Å². The number of nitrogens with zero attached hydrogens (tertiary/aromatic N) is 2. The van der Waals surface area contributed by atoms with E-state index in [4.69, 9.17) is 0 Å². The minimum atomic E-state index is 0.232. The van der Waals surface area contributed by atoms with Crippen molar-refractivity contribution in [2.75, 3.05) is 7.05 Å². The minimum Gasteiger partial charge on any atom is -0.309 e. The summed E-state index contributed by atoms with van der Waals surface area (Å²) in [4.78, 5) is 0. The zero-order valence-electron chi connectivity index (χ0n) is 13.5. The van der Waals surface area contributed by atoms with Crippen molar-refractivity contribution < 1.29 is 0 Å². The Hall–Kier alpha value is -1.61. The average Bonchev–Trinajstić information content (AvgIpc) is 2.66. The van der Waals surface area contributed by atoms with Gasteiger partial charge in [0.1, 0.15) is 0 Å². The van der Waals surface area contributed by atoms with E-state index in [-0.39, 0.29) is 6.04 Å². The van der Waals surface area contributed by atoms with Crippen LogP contribution in [0.15, 0.2) is 24.3 Å². The molecule has 0 bridgehead atoms. The Morgan fingerprint density at radius 3 is 2.48 bits per heavy atom. The van der Waals surface area contributed by atoms with Crippen LogP contribution in [0.2, 0.25) is 0 Å². The van der Waals surface area contributed by atoms with E-state index < -0.39 is 0 Å². The summed E-state index contributed by atoms with van der Waals surface area (Å²) in [5.74, 6) is 0.745. The Morgan fingerprint density at radius 2 is 1.95 bits per heavy atom. The molecule has 3 rings (SSSR count). The smallest absolute Gasteiger partial charge is 0.0647 e. The van der Waals surface area contributed by atoms with Gasteiger partial charge in [-0.05, 0) is 50.8 Å². The van der Waals surface area contributed by atoms with Gasteiger partial charge >= 0.3 is 0 Å². The zero-order valence-corrected chi connectivity index (χ0v) is 13.5. The third-order valence-corrected chi connectivity index (χ3v) is 4.99. The molecule has 1 aliphatic carbocycles. The fraction of sp³-hybridized carbons (Fsp3) is 0.500. The molecule has 112 valence electrons. The van der Waals surface area contributed by atoms with Crippen molar-refractivity contribution in [1.29, 1.82) is 0 Å². The highest BCUT2D eigenvalue weighted by Gasteiger charge is 2.27. The van der Waals surface area contributed by atoms with Crippen LogP contribution >= 0.6 is 0 Å². The first-order chi connectivity index (χ1) is 10.1. The van der Waals surface area contributed by atoms with Crippen LogP contribution in [0.25, 0.3) is 0 Å². The van der Waals surface area contributed by atoms with E-state index in [0.717, 1.165) is 11.6 Å². The topological polar surface area (TPSA) is 29.9 Å². The highest BCUT2D eigenvalue weighted by molar-refractivity contribution is 5.42. The van der Waals surface area contributed by atoms with E-state index in [1.807, 2.05) is 18.8 Å². The molecule has 1 aromatic heterocycles. The fourth-order valence-electron chi connectivity index (χ4n) is 3.53. The largest absolute Gasteiger partial charge is 0.309 e. The van der Waals surface area contributed by atoms with E-state index in [2.05, 4.69) is 48.5 Å². The first kappa shape index (κ1) is 14.3. The SMILES string of the molecule is CNC(c1ccccc1C1CCC1)c1c(C)nn(C)c1C. The van der Waals surface area contributed by atoms with Gasteiger partial charge in [-0.3, -0.25) is 4.68 Å². The number of aromatic nitrogens is 2. The highest BCUT2D eigenvalue weighted by atomic mass is 15.3. The van der Waals surface area contributed by atoms with Crippen molar-refractivity contribution in [3.8, 4) is 0 Å². The van der Waals surface area contributed by atoms with Gasteiger partial charge in [-0.2, -0.15) is 5.10 Å². The predicted octanol–water partition coefficient (Wildman–Crippen LogP) is 3.61. The van der Waals surface area contributed by atoms with Gasteiger partial charge in [0, 0.05) is 18.3 Å². The summed E-state index contributed by atoms with van der Waals surface area (Å²) < 4.78 is 1.99. The maximum absolute atomic E-state index is 4.59. The minimum absolute atomic E-state index is 0.232. The summed E-state index contributed by atoms with van der Waals surface area (Å²) in [6.45, 7) is 4.27. The monoisotopic (exact) mass is 283 g/mol. The van der Waals surface area contributed by atoms with Crippen LogP contribution in [0, 0.1) is 13.8 Å². The molecule has 21 heavy (non-hydrogen) atoms. The number of rotatable bonds is 4. The lowest BCUT2D eigenvalue weighted by molar-refractivity contribution is 0.415. The van der Waals surface area contributed by atoms with Crippen molar-refractivity contribution in [3.63, 3.8) is 0 Å². The molecule has 2 aromatic rings. The van der Waals surface area contributed by atoms with Gasteiger partial charge in [-0.1, -0.05) is 30.7 Å². The van der Waals surface area contributed by atoms with Crippen molar-refractivity contribution in [3.05, 3.63) is 52.3 Å². The van der Waals surface area contributed by atoms with Gasteiger partial charge in [0.2, 0.25) is 0 Å². The summed E-state index contributed by atoms with van der Waals surface area (Å²) >= 11 is 0. The number of benzene rings is 1. The van der Waals surface area contributed by atoms with Crippen LogP contribution in [0.5, 0.6) is 0 Å². The molecule has 1 atom stereocenters. The van der Waals surface area contributed by atoms with Crippen molar-refractivity contribution in [2.45, 2.75) is 45.1 Å². The van der Waals surface area contributed by atoms with E-state index in [1.54, 1.807) is 0 Å². The highest BCUT2D eigenvalue weighted by Crippen LogP contribution is 2.41. The predicted molar refractivity (Wildman–Crippen MR) is 86.6 cm³/mol. The first-order valence-corrected chi connectivity index (χ1v) is 7.89. The van der Waals surface area contributed by atoms with Gasteiger partial charge in [-0.15, -0.1) is 0 Å². The van der Waals surface area contributed by atoms with Crippen molar-refractivity contribution >= 4 is 0 Å². The summed E-state index contributed by atoms with van der Waals surface area (Å²) in [6, 6.07) is 9.15. The molecule has 0 radical (unpaired) electrons. The third kappa shape index (κ3) is 2.40. The molecule has 1 fully saturated rings. The molecular formula is C18H25N3. The van der Waals surface area contributed by atoms with Crippen LogP contribution in [0.1, 0.15) is 59.3 Å². The molecule has 0 spiro atoms. The lowest BCUT2D eigenvalue weighted by Gasteiger charge is -2.30. The molecule has 3 heteroatoms. The second-order valence-electron chi connectivity index (χ2n) is 6.19. The van der Waals surface area contributed by atoms with E-state index >= 15 is 0 Å².